The van der Waals surface area contributed by atoms with E-state index in [1.807, 2.05) is 29.3 Å². The molecule has 0 bridgehead atoms. The molecule has 8 heteroatoms. The van der Waals surface area contributed by atoms with Crippen LogP contribution in [-0.4, -0.2) is 40.4 Å². The zero-order valence-electron chi connectivity index (χ0n) is 16.0. The van der Waals surface area contributed by atoms with E-state index in [1.165, 1.54) is 23.2 Å². The highest BCUT2D eigenvalue weighted by Gasteiger charge is 2.26. The Kier molecular flexibility index (Phi) is 5.41. The van der Waals surface area contributed by atoms with Gasteiger partial charge in [-0.15, -0.1) is 0 Å². The van der Waals surface area contributed by atoms with E-state index >= 15 is 0 Å². The predicted molar refractivity (Wildman–Crippen MR) is 111 cm³/mol. The molecule has 3 heterocycles. The Morgan fingerprint density at radius 2 is 2.17 bits per heavy atom. The van der Waals surface area contributed by atoms with Gasteiger partial charge in [-0.05, 0) is 37.0 Å². The average Bonchev–Trinajstić information content (AvgIpc) is 3.17. The van der Waals surface area contributed by atoms with Crippen LogP contribution in [0.5, 0.6) is 0 Å². The number of piperidine rings is 1. The molecule has 1 fully saturated rings. The molecule has 0 spiro atoms. The van der Waals surface area contributed by atoms with Crippen molar-refractivity contribution in [2.24, 2.45) is 5.92 Å². The molecule has 0 radical (unpaired) electrons. The number of nitrogens with one attached hydrogen (secondary N) is 2. The number of carbonyl (C=O) groups is 1. The Hall–Kier alpha value is -3.42. The number of hydrogen-bond donors (Lipinski definition) is 2. The second-order valence-electron chi connectivity index (χ2n) is 7.32. The molecule has 2 N–H and O–H groups in total. The van der Waals surface area contributed by atoms with Crippen LogP contribution in [0.1, 0.15) is 18.4 Å². The van der Waals surface area contributed by atoms with Crippen molar-refractivity contribution < 1.29 is 9.72 Å². The molecule has 4 rings (SSSR count). The average molecular weight is 393 g/mol. The first-order valence-electron chi connectivity index (χ1n) is 9.80. The van der Waals surface area contributed by atoms with E-state index in [4.69, 9.17) is 0 Å². The number of amides is 1. The summed E-state index contributed by atoms with van der Waals surface area (Å²) in [5, 5.41) is 15.0. The van der Waals surface area contributed by atoms with Crippen LogP contribution >= 0.6 is 0 Å². The maximum atomic E-state index is 12.7. The highest BCUT2D eigenvalue weighted by molar-refractivity contribution is 5.83. The fourth-order valence-electron chi connectivity index (χ4n) is 3.88. The summed E-state index contributed by atoms with van der Waals surface area (Å²) in [6, 6.07) is 11.2. The van der Waals surface area contributed by atoms with Crippen LogP contribution in [0.15, 0.2) is 48.8 Å². The summed E-state index contributed by atoms with van der Waals surface area (Å²) in [6.45, 7) is 1.96. The first-order chi connectivity index (χ1) is 14.1. The van der Waals surface area contributed by atoms with E-state index in [0.29, 0.717) is 18.9 Å². The minimum Gasteiger partial charge on any atom is -0.361 e. The summed E-state index contributed by atoms with van der Waals surface area (Å²) in [7, 11) is 0. The van der Waals surface area contributed by atoms with Crippen molar-refractivity contribution in [3.63, 3.8) is 0 Å². The number of anilines is 1. The molecule has 1 amide bonds. The number of nitro groups is 1. The molecular formula is C21H23N5O3. The van der Waals surface area contributed by atoms with Crippen molar-refractivity contribution in [3.8, 4) is 0 Å². The lowest BCUT2D eigenvalue weighted by Gasteiger charge is -2.32. The van der Waals surface area contributed by atoms with Gasteiger partial charge in [0, 0.05) is 42.8 Å². The van der Waals surface area contributed by atoms with Crippen LogP contribution in [0.25, 0.3) is 10.9 Å². The van der Waals surface area contributed by atoms with Gasteiger partial charge in [-0.3, -0.25) is 14.9 Å². The fourth-order valence-corrected chi connectivity index (χ4v) is 3.88. The molecule has 3 aromatic rings. The fraction of sp³-hybridized carbons (Fsp3) is 0.333. The topological polar surface area (TPSA) is 104 Å². The number of carbonyl (C=O) groups excluding carboxylic acids is 1. The highest BCUT2D eigenvalue weighted by Crippen LogP contribution is 2.23. The van der Waals surface area contributed by atoms with E-state index in [2.05, 4.69) is 21.4 Å². The van der Waals surface area contributed by atoms with Crippen molar-refractivity contribution in [1.29, 1.82) is 0 Å². The summed E-state index contributed by atoms with van der Waals surface area (Å²) in [5.41, 5.74) is 2.27. The number of para-hydroxylation sites is 1. The number of fused-ring (bicyclic) bond motifs is 1. The maximum Gasteiger partial charge on any atom is 0.287 e. The second-order valence-corrected chi connectivity index (χ2v) is 7.32. The standard InChI is InChI=1S/C21H23N5O3/c27-21(22-10-9-15-12-23-19-6-2-1-5-18(15)19)16-4-3-11-25(14-16)20-8-7-17(13-24-20)26(28)29/h1-2,5-8,12-13,16,23H,3-4,9-11,14H2,(H,22,27)/t16-/m0/s1. The van der Waals surface area contributed by atoms with E-state index < -0.39 is 4.92 Å². The number of aromatic nitrogens is 2. The molecule has 8 nitrogen and oxygen atoms in total. The molecule has 2 aromatic heterocycles. The lowest BCUT2D eigenvalue weighted by molar-refractivity contribution is -0.385. The molecule has 0 saturated carbocycles. The van der Waals surface area contributed by atoms with Crippen molar-refractivity contribution in [2.75, 3.05) is 24.5 Å². The van der Waals surface area contributed by atoms with Crippen LogP contribution in [0.4, 0.5) is 11.5 Å². The van der Waals surface area contributed by atoms with Gasteiger partial charge >= 0.3 is 0 Å². The molecular weight excluding hydrogens is 370 g/mol. The minimum absolute atomic E-state index is 0.0302. The third kappa shape index (κ3) is 4.21. The Bertz CT molecular complexity index is 1010. The van der Waals surface area contributed by atoms with Crippen LogP contribution in [0.3, 0.4) is 0 Å². The molecule has 1 saturated heterocycles. The summed E-state index contributed by atoms with van der Waals surface area (Å²) in [4.78, 5) is 32.5. The number of H-pyrrole nitrogens is 1. The molecule has 0 aliphatic carbocycles. The van der Waals surface area contributed by atoms with Gasteiger partial charge in [-0.2, -0.15) is 0 Å². The predicted octanol–water partition coefficient (Wildman–Crippen LogP) is 3.05. The number of benzene rings is 1. The van der Waals surface area contributed by atoms with E-state index in [0.717, 1.165) is 31.3 Å². The van der Waals surface area contributed by atoms with Crippen molar-refractivity contribution in [2.45, 2.75) is 19.3 Å². The van der Waals surface area contributed by atoms with Crippen LogP contribution in [0.2, 0.25) is 0 Å². The number of nitrogens with zero attached hydrogens (tertiary/aromatic N) is 3. The number of rotatable bonds is 6. The van der Waals surface area contributed by atoms with Crippen LogP contribution in [0, 0.1) is 16.0 Å². The Morgan fingerprint density at radius 3 is 2.97 bits per heavy atom. The SMILES string of the molecule is O=C(NCCc1c[nH]c2ccccc12)[C@H]1CCCN(c2ccc([N+](=O)[O-])cn2)C1. The smallest absolute Gasteiger partial charge is 0.287 e. The molecule has 1 aliphatic heterocycles. The van der Waals surface area contributed by atoms with Gasteiger partial charge in [-0.25, -0.2) is 4.98 Å². The zero-order chi connectivity index (χ0) is 20.2. The van der Waals surface area contributed by atoms with Crippen molar-refractivity contribution in [3.05, 3.63) is 64.5 Å². The van der Waals surface area contributed by atoms with Gasteiger partial charge in [0.25, 0.3) is 5.69 Å². The lowest BCUT2D eigenvalue weighted by atomic mass is 9.97. The summed E-state index contributed by atoms with van der Waals surface area (Å²) < 4.78 is 0. The molecule has 29 heavy (non-hydrogen) atoms. The second kappa shape index (κ2) is 8.30. The summed E-state index contributed by atoms with van der Waals surface area (Å²) >= 11 is 0. The summed E-state index contributed by atoms with van der Waals surface area (Å²) in [6.07, 6.45) is 5.76. The van der Waals surface area contributed by atoms with Gasteiger partial charge < -0.3 is 15.2 Å². The molecule has 150 valence electrons. The first-order valence-corrected chi connectivity index (χ1v) is 9.80. The van der Waals surface area contributed by atoms with E-state index in [9.17, 15) is 14.9 Å². The van der Waals surface area contributed by atoms with Crippen molar-refractivity contribution >= 4 is 28.3 Å². The Balaban J connectivity index is 1.32. The number of hydrogen-bond acceptors (Lipinski definition) is 5. The van der Waals surface area contributed by atoms with Gasteiger partial charge in [0.1, 0.15) is 12.0 Å². The van der Waals surface area contributed by atoms with Gasteiger partial charge in [0.15, 0.2) is 0 Å². The number of pyridine rings is 1. The van der Waals surface area contributed by atoms with Crippen LogP contribution < -0.4 is 10.2 Å². The Morgan fingerprint density at radius 1 is 1.31 bits per heavy atom. The monoisotopic (exact) mass is 393 g/mol. The molecule has 1 atom stereocenters. The lowest BCUT2D eigenvalue weighted by Crippen LogP contribution is -2.43. The Labute approximate surface area is 168 Å². The van der Waals surface area contributed by atoms with Gasteiger partial charge in [0.05, 0.1) is 10.8 Å². The summed E-state index contributed by atoms with van der Waals surface area (Å²) in [5.74, 6) is 0.618. The van der Waals surface area contributed by atoms with E-state index in [-0.39, 0.29) is 17.5 Å². The zero-order valence-corrected chi connectivity index (χ0v) is 16.0. The minimum atomic E-state index is -0.461. The normalized spacial score (nSPS) is 16.7. The third-order valence-electron chi connectivity index (χ3n) is 5.43. The van der Waals surface area contributed by atoms with Crippen LogP contribution in [-0.2, 0) is 11.2 Å². The largest absolute Gasteiger partial charge is 0.361 e. The maximum absolute atomic E-state index is 12.7. The van der Waals surface area contributed by atoms with E-state index in [1.54, 1.807) is 6.07 Å². The first kappa shape index (κ1) is 18.9. The molecule has 0 unspecified atom stereocenters. The molecule has 1 aliphatic rings. The quantitative estimate of drug-likeness (QED) is 0.495. The molecule has 1 aromatic carbocycles. The third-order valence-corrected chi connectivity index (χ3v) is 5.43. The number of aromatic amines is 1. The van der Waals surface area contributed by atoms with Gasteiger partial charge in [-0.1, -0.05) is 18.2 Å². The van der Waals surface area contributed by atoms with Crippen molar-refractivity contribution in [1.82, 2.24) is 15.3 Å². The highest BCUT2D eigenvalue weighted by atomic mass is 16.6. The van der Waals surface area contributed by atoms with Gasteiger partial charge in [0.2, 0.25) is 5.91 Å².